The number of hydrogen-bond donors (Lipinski definition) is 0. The molecule has 2 fully saturated rings. The fraction of sp³-hybridized carbons (Fsp3) is 0.533. The molecule has 5 nitrogen and oxygen atoms in total. The number of morpholine rings is 1. The second-order valence-corrected chi connectivity index (χ2v) is 8.94. The Hall–Kier alpha value is -0.920. The fourth-order valence-electron chi connectivity index (χ4n) is 2.98. The highest BCUT2D eigenvalue weighted by molar-refractivity contribution is 9.10. The van der Waals surface area contributed by atoms with Crippen molar-refractivity contribution >= 4 is 31.7 Å². The SMILES string of the molecule is O=C(C1CCS(=O)(=O)C1)N1CCOC(c2ccc(Br)cc2)C1. The molecule has 7 heteroatoms. The van der Waals surface area contributed by atoms with Gasteiger partial charge in [0.2, 0.25) is 5.91 Å². The zero-order valence-electron chi connectivity index (χ0n) is 12.1. The predicted octanol–water partition coefficient (Wildman–Crippen LogP) is 1.78. The third kappa shape index (κ3) is 3.52. The number of ether oxygens (including phenoxy) is 1. The molecule has 1 aromatic rings. The molecule has 2 atom stereocenters. The first-order chi connectivity index (χ1) is 10.4. The molecule has 0 spiro atoms. The van der Waals surface area contributed by atoms with Crippen LogP contribution in [0, 0.1) is 5.92 Å². The van der Waals surface area contributed by atoms with Crippen molar-refractivity contribution in [3.8, 4) is 0 Å². The third-order valence-corrected chi connectivity index (χ3v) is 6.50. The van der Waals surface area contributed by atoms with E-state index in [1.165, 1.54) is 0 Å². The molecule has 120 valence electrons. The molecule has 0 N–H and O–H groups in total. The monoisotopic (exact) mass is 387 g/mol. The molecule has 0 aliphatic carbocycles. The van der Waals surface area contributed by atoms with Crippen LogP contribution in [0.1, 0.15) is 18.1 Å². The number of rotatable bonds is 2. The molecule has 0 radical (unpaired) electrons. The Morgan fingerprint density at radius 2 is 2.00 bits per heavy atom. The zero-order chi connectivity index (χ0) is 15.7. The highest BCUT2D eigenvalue weighted by Crippen LogP contribution is 2.27. The lowest BCUT2D eigenvalue weighted by atomic mass is 10.0. The summed E-state index contributed by atoms with van der Waals surface area (Å²) in [7, 11) is -3.03. The molecule has 0 bridgehead atoms. The van der Waals surface area contributed by atoms with Gasteiger partial charge in [-0.25, -0.2) is 8.42 Å². The van der Waals surface area contributed by atoms with E-state index in [2.05, 4.69) is 15.9 Å². The number of carbonyl (C=O) groups excluding carboxylic acids is 1. The quantitative estimate of drug-likeness (QED) is 0.775. The largest absolute Gasteiger partial charge is 0.370 e. The minimum absolute atomic E-state index is 0.00780. The van der Waals surface area contributed by atoms with E-state index in [1.807, 2.05) is 24.3 Å². The van der Waals surface area contributed by atoms with Gasteiger partial charge >= 0.3 is 0 Å². The van der Waals surface area contributed by atoms with Crippen molar-refractivity contribution in [3.05, 3.63) is 34.3 Å². The maximum absolute atomic E-state index is 12.5. The second-order valence-electron chi connectivity index (χ2n) is 5.80. The third-order valence-electron chi connectivity index (χ3n) is 4.20. The Bertz CT molecular complexity index is 659. The van der Waals surface area contributed by atoms with E-state index in [4.69, 9.17) is 4.74 Å². The van der Waals surface area contributed by atoms with Gasteiger partial charge in [0, 0.05) is 11.0 Å². The van der Waals surface area contributed by atoms with E-state index < -0.39 is 9.84 Å². The summed E-state index contributed by atoms with van der Waals surface area (Å²) < 4.78 is 29.8. The molecule has 2 heterocycles. The van der Waals surface area contributed by atoms with Crippen molar-refractivity contribution in [1.82, 2.24) is 4.90 Å². The summed E-state index contributed by atoms with van der Waals surface area (Å²) in [5, 5.41) is 0. The smallest absolute Gasteiger partial charge is 0.226 e. The van der Waals surface area contributed by atoms with E-state index in [9.17, 15) is 13.2 Å². The summed E-state index contributed by atoms with van der Waals surface area (Å²) in [5.41, 5.74) is 1.03. The molecule has 2 aliphatic heterocycles. The van der Waals surface area contributed by atoms with Gasteiger partial charge in [-0.3, -0.25) is 4.79 Å². The molecule has 2 unspecified atom stereocenters. The fourth-order valence-corrected chi connectivity index (χ4v) is 4.97. The Morgan fingerprint density at radius 1 is 1.27 bits per heavy atom. The Kier molecular flexibility index (Phi) is 4.56. The van der Waals surface area contributed by atoms with Gasteiger partial charge in [0.15, 0.2) is 9.84 Å². The number of halogens is 1. The highest BCUT2D eigenvalue weighted by atomic mass is 79.9. The normalized spacial score (nSPS) is 27.8. The van der Waals surface area contributed by atoms with Gasteiger partial charge in [-0.15, -0.1) is 0 Å². The number of sulfone groups is 1. The summed E-state index contributed by atoms with van der Waals surface area (Å²) in [5.74, 6) is -0.309. The van der Waals surface area contributed by atoms with Gasteiger partial charge < -0.3 is 9.64 Å². The molecule has 1 amide bonds. The van der Waals surface area contributed by atoms with Crippen molar-refractivity contribution in [2.75, 3.05) is 31.2 Å². The van der Waals surface area contributed by atoms with Crippen molar-refractivity contribution in [2.24, 2.45) is 5.92 Å². The number of carbonyl (C=O) groups is 1. The molecule has 0 saturated carbocycles. The molecule has 0 aromatic heterocycles. The lowest BCUT2D eigenvalue weighted by Crippen LogP contribution is -2.45. The Labute approximate surface area is 138 Å². The topological polar surface area (TPSA) is 63.7 Å². The van der Waals surface area contributed by atoms with Gasteiger partial charge in [-0.1, -0.05) is 28.1 Å². The summed E-state index contributed by atoms with van der Waals surface area (Å²) >= 11 is 3.40. The van der Waals surface area contributed by atoms with Crippen LogP contribution in [0.25, 0.3) is 0 Å². The second kappa shape index (κ2) is 6.29. The average Bonchev–Trinajstić information content (AvgIpc) is 2.87. The summed E-state index contributed by atoms with van der Waals surface area (Å²) in [4.78, 5) is 14.3. The van der Waals surface area contributed by atoms with Crippen LogP contribution in [0.5, 0.6) is 0 Å². The number of benzene rings is 1. The number of amides is 1. The van der Waals surface area contributed by atoms with Gasteiger partial charge in [0.1, 0.15) is 6.10 Å². The first-order valence-corrected chi connectivity index (χ1v) is 9.92. The zero-order valence-corrected chi connectivity index (χ0v) is 14.5. The predicted molar refractivity (Wildman–Crippen MR) is 86.2 cm³/mol. The van der Waals surface area contributed by atoms with E-state index >= 15 is 0 Å². The van der Waals surface area contributed by atoms with Gasteiger partial charge in [-0.2, -0.15) is 0 Å². The minimum Gasteiger partial charge on any atom is -0.370 e. The van der Waals surface area contributed by atoms with Gasteiger partial charge in [0.05, 0.1) is 30.6 Å². The van der Waals surface area contributed by atoms with Crippen LogP contribution in [0.4, 0.5) is 0 Å². The molecular weight excluding hydrogens is 370 g/mol. The molecule has 2 saturated heterocycles. The first-order valence-electron chi connectivity index (χ1n) is 7.31. The molecule has 22 heavy (non-hydrogen) atoms. The molecule has 3 rings (SSSR count). The lowest BCUT2D eigenvalue weighted by molar-refractivity contribution is -0.142. The lowest BCUT2D eigenvalue weighted by Gasteiger charge is -2.34. The first kappa shape index (κ1) is 16.0. The van der Waals surface area contributed by atoms with Crippen molar-refractivity contribution < 1.29 is 17.9 Å². The van der Waals surface area contributed by atoms with E-state index in [0.29, 0.717) is 26.1 Å². The van der Waals surface area contributed by atoms with E-state index in [1.54, 1.807) is 4.90 Å². The summed E-state index contributed by atoms with van der Waals surface area (Å²) in [6, 6.07) is 7.84. The Morgan fingerprint density at radius 3 is 2.64 bits per heavy atom. The van der Waals surface area contributed by atoms with Gasteiger partial charge in [0.25, 0.3) is 0 Å². The van der Waals surface area contributed by atoms with Crippen LogP contribution in [0.2, 0.25) is 0 Å². The molecule has 1 aromatic carbocycles. The van der Waals surface area contributed by atoms with Crippen molar-refractivity contribution in [2.45, 2.75) is 12.5 Å². The van der Waals surface area contributed by atoms with Crippen LogP contribution in [0.15, 0.2) is 28.7 Å². The minimum atomic E-state index is -3.03. The maximum atomic E-state index is 12.5. The maximum Gasteiger partial charge on any atom is 0.226 e. The van der Waals surface area contributed by atoms with Crippen molar-refractivity contribution in [3.63, 3.8) is 0 Å². The average molecular weight is 388 g/mol. The van der Waals surface area contributed by atoms with Crippen molar-refractivity contribution in [1.29, 1.82) is 0 Å². The number of hydrogen-bond acceptors (Lipinski definition) is 4. The summed E-state index contributed by atoms with van der Waals surface area (Å²) in [6.07, 6.45) is 0.297. The van der Waals surface area contributed by atoms with Crippen LogP contribution in [-0.4, -0.2) is 50.4 Å². The van der Waals surface area contributed by atoms with Crippen LogP contribution < -0.4 is 0 Å². The highest BCUT2D eigenvalue weighted by Gasteiger charge is 2.37. The van der Waals surface area contributed by atoms with Gasteiger partial charge in [-0.05, 0) is 24.1 Å². The Balaban J connectivity index is 1.68. The van der Waals surface area contributed by atoms with E-state index in [-0.39, 0.29) is 29.4 Å². The van der Waals surface area contributed by atoms with E-state index in [0.717, 1.165) is 10.0 Å². The standard InChI is InChI=1S/C15H18BrNO4S/c16-13-3-1-11(2-4-13)14-9-17(6-7-21-14)15(18)12-5-8-22(19,20)10-12/h1-4,12,14H,5-10H2. The number of nitrogens with zero attached hydrogens (tertiary/aromatic N) is 1. The molecule has 2 aliphatic rings. The van der Waals surface area contributed by atoms with Crippen LogP contribution in [0.3, 0.4) is 0 Å². The van der Waals surface area contributed by atoms with Crippen LogP contribution in [-0.2, 0) is 19.4 Å². The van der Waals surface area contributed by atoms with Crippen LogP contribution >= 0.6 is 15.9 Å². The molecular formula is C15H18BrNO4S. The summed E-state index contributed by atoms with van der Waals surface area (Å²) in [6.45, 7) is 1.49.